The van der Waals surface area contributed by atoms with Gasteiger partial charge in [0, 0.05) is 33.9 Å². The van der Waals surface area contributed by atoms with Crippen molar-refractivity contribution in [3.63, 3.8) is 0 Å². The molecule has 7 heteroatoms. The molecule has 208 valence electrons. The van der Waals surface area contributed by atoms with Crippen molar-refractivity contribution < 1.29 is 28.2 Å². The maximum atomic E-state index is 14.7. The Hall–Kier alpha value is -5.04. The zero-order chi connectivity index (χ0) is 29.2. The number of hydrogen-bond donors (Lipinski definition) is 0. The van der Waals surface area contributed by atoms with Gasteiger partial charge in [0.25, 0.3) is 0 Å². The molecule has 0 unspecified atom stereocenters. The number of fused-ring (bicyclic) bond motifs is 5. The van der Waals surface area contributed by atoms with E-state index < -0.39 is 29.2 Å². The molecule has 4 aromatic rings. The molecule has 3 atom stereocenters. The molecule has 4 aromatic carbocycles. The van der Waals surface area contributed by atoms with Crippen molar-refractivity contribution in [1.29, 1.82) is 0 Å². The zero-order valence-corrected chi connectivity index (χ0v) is 22.9. The summed E-state index contributed by atoms with van der Waals surface area (Å²) in [6.07, 6.45) is 3.52. The molecule has 3 aliphatic rings. The first-order chi connectivity index (χ1) is 20.4. The van der Waals surface area contributed by atoms with E-state index in [9.17, 15) is 18.8 Å². The summed E-state index contributed by atoms with van der Waals surface area (Å²) in [6.45, 7) is 0. The number of carbonyl (C=O) groups excluding carboxylic acids is 3. The van der Waals surface area contributed by atoms with E-state index in [1.807, 2.05) is 11.0 Å². The molecule has 0 saturated carbocycles. The summed E-state index contributed by atoms with van der Waals surface area (Å²) in [5, 5.41) is 0. The Bertz CT molecular complexity index is 1780. The van der Waals surface area contributed by atoms with Crippen LogP contribution in [-0.2, 0) is 0 Å². The minimum absolute atomic E-state index is 0.269. The van der Waals surface area contributed by atoms with E-state index in [-0.39, 0.29) is 17.3 Å². The molecule has 1 aliphatic carbocycles. The highest BCUT2D eigenvalue weighted by Crippen LogP contribution is 2.61. The highest BCUT2D eigenvalue weighted by molar-refractivity contribution is 6.32. The zero-order valence-electron chi connectivity index (χ0n) is 22.9. The molecule has 6 nitrogen and oxygen atoms in total. The third kappa shape index (κ3) is 3.46. The van der Waals surface area contributed by atoms with Gasteiger partial charge < -0.3 is 14.4 Å². The summed E-state index contributed by atoms with van der Waals surface area (Å²) < 4.78 is 25.2. The van der Waals surface area contributed by atoms with Crippen LogP contribution in [0.2, 0.25) is 0 Å². The summed E-state index contributed by atoms with van der Waals surface area (Å²) >= 11 is 0. The molecule has 2 aliphatic heterocycles. The number of nitrogens with zero attached hydrogens (tertiary/aromatic N) is 1. The van der Waals surface area contributed by atoms with Crippen LogP contribution < -0.4 is 14.4 Å². The monoisotopic (exact) mass is 559 g/mol. The molecule has 1 saturated heterocycles. The van der Waals surface area contributed by atoms with Crippen LogP contribution in [0.25, 0.3) is 6.08 Å². The van der Waals surface area contributed by atoms with E-state index >= 15 is 0 Å². The first-order valence-electron chi connectivity index (χ1n) is 13.7. The van der Waals surface area contributed by atoms with Gasteiger partial charge in [-0.2, -0.15) is 0 Å². The Balaban J connectivity index is 1.54. The smallest absolute Gasteiger partial charge is 0.185 e. The molecule has 2 heterocycles. The van der Waals surface area contributed by atoms with Crippen LogP contribution in [-0.4, -0.2) is 43.7 Å². The summed E-state index contributed by atoms with van der Waals surface area (Å²) in [6, 6.07) is 23.4. The van der Waals surface area contributed by atoms with Crippen molar-refractivity contribution >= 4 is 29.1 Å². The van der Waals surface area contributed by atoms with Gasteiger partial charge in [-0.3, -0.25) is 14.4 Å². The van der Waals surface area contributed by atoms with Crippen LogP contribution in [0.1, 0.15) is 48.1 Å². The number of halogens is 1. The van der Waals surface area contributed by atoms with Gasteiger partial charge in [-0.25, -0.2) is 4.39 Å². The van der Waals surface area contributed by atoms with E-state index in [2.05, 4.69) is 0 Å². The van der Waals surface area contributed by atoms with Gasteiger partial charge in [-0.1, -0.05) is 48.6 Å². The summed E-state index contributed by atoms with van der Waals surface area (Å²) in [5.74, 6) is -1.10. The molecule has 7 rings (SSSR count). The second-order valence-electron chi connectivity index (χ2n) is 10.8. The number of Topliss-reactive ketones (excluding diaryl/α,β-unsaturated/α-hetero) is 3. The minimum Gasteiger partial charge on any atom is -0.497 e. The van der Waals surface area contributed by atoms with E-state index in [0.717, 1.165) is 0 Å². The number of benzene rings is 4. The summed E-state index contributed by atoms with van der Waals surface area (Å²) in [7, 11) is 3.09. The number of anilines is 1. The molecule has 0 aromatic heterocycles. The Morgan fingerprint density at radius 1 is 0.810 bits per heavy atom. The normalized spacial score (nSPS) is 21.2. The van der Waals surface area contributed by atoms with Crippen LogP contribution in [0.4, 0.5) is 10.1 Å². The van der Waals surface area contributed by atoms with Crippen molar-refractivity contribution in [3.05, 3.63) is 131 Å². The van der Waals surface area contributed by atoms with Gasteiger partial charge in [-0.05, 0) is 60.2 Å². The highest BCUT2D eigenvalue weighted by Gasteiger charge is 2.71. The van der Waals surface area contributed by atoms with Gasteiger partial charge >= 0.3 is 0 Å². The lowest BCUT2D eigenvalue weighted by molar-refractivity contribution is 0.0665. The summed E-state index contributed by atoms with van der Waals surface area (Å²) in [5.41, 5.74) is 1.20. The molecule has 0 amide bonds. The van der Waals surface area contributed by atoms with E-state index in [1.54, 1.807) is 99.2 Å². The van der Waals surface area contributed by atoms with Crippen molar-refractivity contribution in [2.24, 2.45) is 5.41 Å². The second kappa shape index (κ2) is 9.52. The maximum absolute atomic E-state index is 14.7. The van der Waals surface area contributed by atoms with E-state index in [1.165, 1.54) is 12.1 Å². The third-order valence-electron chi connectivity index (χ3n) is 8.86. The number of hydrogen-bond acceptors (Lipinski definition) is 6. The fraction of sp³-hybridized carbons (Fsp3) is 0.171. The van der Waals surface area contributed by atoms with Crippen LogP contribution in [0.5, 0.6) is 11.5 Å². The number of ketones is 3. The van der Waals surface area contributed by atoms with Crippen LogP contribution in [0.3, 0.4) is 0 Å². The Morgan fingerprint density at radius 3 is 2.17 bits per heavy atom. The second-order valence-corrected chi connectivity index (χ2v) is 10.8. The van der Waals surface area contributed by atoms with Crippen molar-refractivity contribution in [3.8, 4) is 11.5 Å². The SMILES string of the molecule is COc1ccc(C(=O)[C@H]2[C@H](c3cccc(OC)c3)C3(C(=O)c4ccccc4C3=O)[C@@H]3C=Cc4cc(F)ccc4N32)cc1. The minimum atomic E-state index is -1.65. The van der Waals surface area contributed by atoms with Crippen molar-refractivity contribution in [2.45, 2.75) is 18.0 Å². The number of ether oxygens (including phenoxy) is 2. The maximum Gasteiger partial charge on any atom is 0.185 e. The molecule has 1 spiro atoms. The van der Waals surface area contributed by atoms with Gasteiger partial charge in [0.05, 0.1) is 20.3 Å². The first kappa shape index (κ1) is 25.9. The molecule has 42 heavy (non-hydrogen) atoms. The molecular weight excluding hydrogens is 533 g/mol. The fourth-order valence-electron chi connectivity index (χ4n) is 7.08. The number of carbonyl (C=O) groups is 3. The first-order valence-corrected chi connectivity index (χ1v) is 13.7. The Morgan fingerprint density at radius 2 is 1.50 bits per heavy atom. The van der Waals surface area contributed by atoms with Gasteiger partial charge in [0.2, 0.25) is 0 Å². The van der Waals surface area contributed by atoms with Gasteiger partial charge in [-0.15, -0.1) is 0 Å². The van der Waals surface area contributed by atoms with Crippen molar-refractivity contribution in [1.82, 2.24) is 0 Å². The molecule has 0 radical (unpaired) electrons. The summed E-state index contributed by atoms with van der Waals surface area (Å²) in [4.78, 5) is 45.9. The van der Waals surface area contributed by atoms with Crippen LogP contribution in [0, 0.1) is 11.2 Å². The largest absolute Gasteiger partial charge is 0.497 e. The number of rotatable bonds is 5. The predicted molar refractivity (Wildman–Crippen MR) is 156 cm³/mol. The molecule has 0 bridgehead atoms. The molecule has 1 fully saturated rings. The fourth-order valence-corrected chi connectivity index (χ4v) is 7.08. The predicted octanol–water partition coefficient (Wildman–Crippen LogP) is 6.16. The number of methoxy groups -OCH3 is 2. The quantitative estimate of drug-likeness (QED) is 0.216. The lowest BCUT2D eigenvalue weighted by atomic mass is 9.64. The van der Waals surface area contributed by atoms with E-state index in [4.69, 9.17) is 9.47 Å². The Kier molecular flexibility index (Phi) is 5.87. The third-order valence-corrected chi connectivity index (χ3v) is 8.86. The van der Waals surface area contributed by atoms with E-state index in [0.29, 0.717) is 45.0 Å². The standard InChI is InChI=1S/C35H26FNO5/c1-41-24-14-10-20(11-15-24)32(38)31-30(22-6-5-7-25(19-22)42-2)35(33(39)26-8-3-4-9-27(26)34(35)40)29-17-12-21-18-23(36)13-16-28(21)37(29)31/h3-19,29-31H,1-2H3/t29-,30-,31+/m0/s1. The average molecular weight is 560 g/mol. The van der Waals surface area contributed by atoms with Crippen LogP contribution >= 0.6 is 0 Å². The topological polar surface area (TPSA) is 72.9 Å². The van der Waals surface area contributed by atoms with Crippen LogP contribution in [0.15, 0.2) is 97.1 Å². The highest BCUT2D eigenvalue weighted by atomic mass is 19.1. The lowest BCUT2D eigenvalue weighted by Gasteiger charge is -2.37. The lowest BCUT2D eigenvalue weighted by Crippen LogP contribution is -2.48. The van der Waals surface area contributed by atoms with Gasteiger partial charge in [0.15, 0.2) is 17.3 Å². The average Bonchev–Trinajstić information content (AvgIpc) is 3.46. The van der Waals surface area contributed by atoms with Gasteiger partial charge in [0.1, 0.15) is 28.8 Å². The molecule has 0 N–H and O–H groups in total. The molecular formula is C35H26FNO5. The Labute approximate surface area is 242 Å². The van der Waals surface area contributed by atoms with Crippen molar-refractivity contribution in [2.75, 3.05) is 19.1 Å².